The molecule has 0 fully saturated rings. The summed E-state index contributed by atoms with van der Waals surface area (Å²) in [6, 6.07) is 0. The first kappa shape index (κ1) is 48.3. The number of phosphoric ester groups is 1. The molecule has 9 heteroatoms. The second kappa shape index (κ2) is 37.0. The van der Waals surface area contributed by atoms with Crippen molar-refractivity contribution in [1.82, 2.24) is 0 Å². The third-order valence-corrected chi connectivity index (χ3v) is 9.12. The van der Waals surface area contributed by atoms with E-state index in [9.17, 15) is 14.2 Å². The first-order chi connectivity index (χ1) is 24.3. The number of rotatable bonds is 37. The topological polar surface area (TPSA) is 119 Å². The van der Waals surface area contributed by atoms with E-state index >= 15 is 0 Å². The van der Waals surface area contributed by atoms with Crippen molar-refractivity contribution in [2.75, 3.05) is 13.2 Å². The minimum absolute atomic E-state index is 0.195. The van der Waals surface area contributed by atoms with Gasteiger partial charge in [-0.1, -0.05) is 153 Å². The van der Waals surface area contributed by atoms with Crippen LogP contribution in [0.1, 0.15) is 194 Å². The molecule has 0 saturated heterocycles. The van der Waals surface area contributed by atoms with Crippen molar-refractivity contribution in [3.63, 3.8) is 0 Å². The van der Waals surface area contributed by atoms with Crippen LogP contribution in [0.15, 0.2) is 36.5 Å². The van der Waals surface area contributed by atoms with E-state index in [0.717, 1.165) is 77.0 Å². The standard InChI is InChI=1S/C41H75O8P/c1-3-5-7-9-11-13-15-17-19-20-21-22-24-25-27-29-31-33-35-40(42)47-37-39(38-48-50(44,45)46)49-41(43)36-34-32-30-28-26-23-18-16-14-12-10-8-6-4-2/h10,12,16,18-20,39H,3-9,11,13-15,17,21-38H2,1-2H3,(H2,44,45,46)/b12-10-,18-16-,20-19-. The Labute approximate surface area is 306 Å². The molecule has 0 rings (SSSR count). The molecular formula is C41H75O8P. The molecule has 0 saturated carbocycles. The van der Waals surface area contributed by atoms with Crippen molar-refractivity contribution in [2.45, 2.75) is 200 Å². The number of allylic oxidation sites excluding steroid dienone is 6. The largest absolute Gasteiger partial charge is 0.469 e. The maximum absolute atomic E-state index is 12.4. The molecule has 0 heterocycles. The average Bonchev–Trinajstić information content (AvgIpc) is 3.08. The van der Waals surface area contributed by atoms with Crippen LogP contribution in [0.25, 0.3) is 0 Å². The summed E-state index contributed by atoms with van der Waals surface area (Å²) in [5.41, 5.74) is 0. The number of hydrogen-bond acceptors (Lipinski definition) is 6. The van der Waals surface area contributed by atoms with Gasteiger partial charge in [-0.05, 0) is 64.2 Å². The minimum atomic E-state index is -4.76. The van der Waals surface area contributed by atoms with E-state index in [-0.39, 0.29) is 19.4 Å². The van der Waals surface area contributed by atoms with Crippen molar-refractivity contribution < 1.29 is 37.9 Å². The van der Waals surface area contributed by atoms with Crippen molar-refractivity contribution in [3.8, 4) is 0 Å². The molecule has 0 aromatic heterocycles. The summed E-state index contributed by atoms with van der Waals surface area (Å²) in [5.74, 6) is -0.904. The zero-order valence-corrected chi connectivity index (χ0v) is 32.9. The smallest absolute Gasteiger partial charge is 0.462 e. The second-order valence-corrected chi connectivity index (χ2v) is 14.8. The lowest BCUT2D eigenvalue weighted by Crippen LogP contribution is -2.29. The van der Waals surface area contributed by atoms with Gasteiger partial charge in [-0.2, -0.15) is 0 Å². The van der Waals surface area contributed by atoms with Crippen LogP contribution in [0.3, 0.4) is 0 Å². The molecule has 0 spiro atoms. The lowest BCUT2D eigenvalue weighted by molar-refractivity contribution is -0.161. The summed E-state index contributed by atoms with van der Waals surface area (Å²) in [7, 11) is -4.76. The van der Waals surface area contributed by atoms with Gasteiger partial charge in [0.1, 0.15) is 6.61 Å². The van der Waals surface area contributed by atoms with Gasteiger partial charge in [-0.25, -0.2) is 4.57 Å². The molecule has 0 aliphatic heterocycles. The highest BCUT2D eigenvalue weighted by atomic mass is 31.2. The van der Waals surface area contributed by atoms with Crippen molar-refractivity contribution in [1.29, 1.82) is 0 Å². The van der Waals surface area contributed by atoms with Gasteiger partial charge in [0.2, 0.25) is 0 Å². The molecular weight excluding hydrogens is 651 g/mol. The molecule has 8 nitrogen and oxygen atoms in total. The van der Waals surface area contributed by atoms with Crippen LogP contribution in [0, 0.1) is 0 Å². The number of carbonyl (C=O) groups is 2. The Morgan fingerprint density at radius 2 is 0.920 bits per heavy atom. The summed E-state index contributed by atoms with van der Waals surface area (Å²) in [6.45, 7) is 3.63. The summed E-state index contributed by atoms with van der Waals surface area (Å²) in [5, 5.41) is 0. The van der Waals surface area contributed by atoms with E-state index in [1.54, 1.807) is 0 Å². The number of ether oxygens (including phenoxy) is 2. The second-order valence-electron chi connectivity index (χ2n) is 13.6. The van der Waals surface area contributed by atoms with E-state index in [2.05, 4.69) is 54.8 Å². The summed E-state index contributed by atoms with van der Waals surface area (Å²) in [4.78, 5) is 42.8. The first-order valence-corrected chi connectivity index (χ1v) is 21.8. The first-order valence-electron chi connectivity index (χ1n) is 20.3. The van der Waals surface area contributed by atoms with Gasteiger partial charge in [0.15, 0.2) is 6.10 Å². The highest BCUT2D eigenvalue weighted by Gasteiger charge is 2.22. The molecule has 0 amide bonds. The molecule has 292 valence electrons. The fourth-order valence-corrected chi connectivity index (χ4v) is 5.92. The highest BCUT2D eigenvalue weighted by Crippen LogP contribution is 2.36. The predicted molar refractivity (Wildman–Crippen MR) is 207 cm³/mol. The third-order valence-electron chi connectivity index (χ3n) is 8.63. The Morgan fingerprint density at radius 1 is 0.520 bits per heavy atom. The van der Waals surface area contributed by atoms with Crippen molar-refractivity contribution in [2.24, 2.45) is 0 Å². The molecule has 0 aliphatic rings. The Kier molecular flexibility index (Phi) is 35.8. The number of unbranched alkanes of at least 4 members (excludes halogenated alkanes) is 21. The van der Waals surface area contributed by atoms with Crippen LogP contribution in [0.2, 0.25) is 0 Å². The average molecular weight is 727 g/mol. The van der Waals surface area contributed by atoms with E-state index in [0.29, 0.717) is 6.42 Å². The van der Waals surface area contributed by atoms with Crippen LogP contribution in [-0.4, -0.2) is 41.0 Å². The fraction of sp³-hybridized carbons (Fsp3) is 0.805. The van der Waals surface area contributed by atoms with E-state index in [4.69, 9.17) is 19.3 Å². The van der Waals surface area contributed by atoms with Crippen LogP contribution < -0.4 is 0 Å². The fourth-order valence-electron chi connectivity index (χ4n) is 5.56. The molecule has 0 aromatic rings. The van der Waals surface area contributed by atoms with Crippen LogP contribution in [-0.2, 0) is 28.2 Å². The number of esters is 2. The van der Waals surface area contributed by atoms with Gasteiger partial charge in [0.05, 0.1) is 6.61 Å². The van der Waals surface area contributed by atoms with Gasteiger partial charge >= 0.3 is 19.8 Å². The van der Waals surface area contributed by atoms with Gasteiger partial charge in [0.25, 0.3) is 0 Å². The predicted octanol–water partition coefficient (Wildman–Crippen LogP) is 12.2. The molecule has 50 heavy (non-hydrogen) atoms. The van der Waals surface area contributed by atoms with Crippen molar-refractivity contribution >= 4 is 19.8 Å². The lowest BCUT2D eigenvalue weighted by atomic mass is 10.1. The van der Waals surface area contributed by atoms with E-state index in [1.807, 2.05) is 0 Å². The Bertz CT molecular complexity index is 910. The Morgan fingerprint density at radius 3 is 1.40 bits per heavy atom. The molecule has 0 bridgehead atoms. The number of phosphoric acid groups is 1. The Balaban J connectivity index is 3.94. The SMILES string of the molecule is CCCC/C=C\C/C=C\CCCCCCCC(=O)OC(COC(=O)CCCCCCCCC/C=C\CCCCCCCCC)COP(=O)(O)O. The quantitative estimate of drug-likeness (QED) is 0.0281. The number of carbonyl (C=O) groups excluding carboxylic acids is 2. The van der Waals surface area contributed by atoms with Gasteiger partial charge in [-0.15, -0.1) is 0 Å². The van der Waals surface area contributed by atoms with Crippen molar-refractivity contribution in [3.05, 3.63) is 36.5 Å². The van der Waals surface area contributed by atoms with Gasteiger partial charge < -0.3 is 19.3 Å². The third kappa shape index (κ3) is 39.1. The minimum Gasteiger partial charge on any atom is -0.462 e. The van der Waals surface area contributed by atoms with Crippen LogP contribution in [0.5, 0.6) is 0 Å². The summed E-state index contributed by atoms with van der Waals surface area (Å²) < 4.78 is 26.3. The zero-order chi connectivity index (χ0) is 36.8. The van der Waals surface area contributed by atoms with Crippen LogP contribution in [0.4, 0.5) is 0 Å². The molecule has 0 aromatic carbocycles. The lowest BCUT2D eigenvalue weighted by Gasteiger charge is -2.18. The number of hydrogen-bond donors (Lipinski definition) is 2. The summed E-state index contributed by atoms with van der Waals surface area (Å²) >= 11 is 0. The van der Waals surface area contributed by atoms with Gasteiger partial charge in [0, 0.05) is 12.8 Å². The van der Waals surface area contributed by atoms with E-state index < -0.39 is 32.5 Å². The highest BCUT2D eigenvalue weighted by molar-refractivity contribution is 7.46. The maximum atomic E-state index is 12.4. The monoisotopic (exact) mass is 727 g/mol. The summed E-state index contributed by atoms with van der Waals surface area (Å²) in [6.07, 6.45) is 42.9. The van der Waals surface area contributed by atoms with E-state index in [1.165, 1.54) is 83.5 Å². The maximum Gasteiger partial charge on any atom is 0.469 e. The Hall–Kier alpha value is -1.73. The van der Waals surface area contributed by atoms with Gasteiger partial charge in [-0.3, -0.25) is 14.1 Å². The molecule has 2 N–H and O–H groups in total. The molecule has 1 atom stereocenters. The molecule has 0 aliphatic carbocycles. The zero-order valence-electron chi connectivity index (χ0n) is 32.0. The van der Waals surface area contributed by atoms with Crippen LogP contribution >= 0.6 is 7.82 Å². The molecule has 1 unspecified atom stereocenters. The molecule has 0 radical (unpaired) electrons. The normalized spacial score (nSPS) is 12.8.